The van der Waals surface area contributed by atoms with Crippen LogP contribution in [0.15, 0.2) is 41.8 Å². The van der Waals surface area contributed by atoms with Gasteiger partial charge in [-0.3, -0.25) is 0 Å². The lowest BCUT2D eigenvalue weighted by Gasteiger charge is -2.09. The molecule has 0 aliphatic carbocycles. The van der Waals surface area contributed by atoms with Crippen molar-refractivity contribution in [2.24, 2.45) is 0 Å². The number of aromatic nitrogens is 2. The minimum atomic E-state index is 0.769. The van der Waals surface area contributed by atoms with Gasteiger partial charge < -0.3 is 14.8 Å². The van der Waals surface area contributed by atoms with E-state index >= 15 is 0 Å². The molecule has 118 valence electrons. The first-order chi connectivity index (χ1) is 10.8. The molecule has 0 atom stereocenters. The van der Waals surface area contributed by atoms with Gasteiger partial charge in [-0.15, -0.1) is 0 Å². The summed E-state index contributed by atoms with van der Waals surface area (Å²) in [5.74, 6) is 2.59. The van der Waals surface area contributed by atoms with E-state index in [-0.39, 0.29) is 0 Å². The van der Waals surface area contributed by atoms with Crippen LogP contribution in [0.4, 0.5) is 0 Å². The van der Waals surface area contributed by atoms with E-state index in [1.165, 1.54) is 5.56 Å². The maximum absolute atomic E-state index is 5.31. The Morgan fingerprint density at radius 3 is 2.59 bits per heavy atom. The lowest BCUT2D eigenvalue weighted by Crippen LogP contribution is -2.82. The van der Waals surface area contributed by atoms with Crippen LogP contribution in [0.5, 0.6) is 11.5 Å². The van der Waals surface area contributed by atoms with Crippen LogP contribution >= 0.6 is 11.8 Å². The molecule has 0 saturated carbocycles. The third-order valence-corrected chi connectivity index (χ3v) is 4.12. The van der Waals surface area contributed by atoms with E-state index in [1.807, 2.05) is 18.2 Å². The number of quaternary nitrogens is 1. The maximum atomic E-state index is 5.31. The fourth-order valence-electron chi connectivity index (χ4n) is 2.03. The average Bonchev–Trinajstić information content (AvgIpc) is 2.58. The highest BCUT2D eigenvalue weighted by atomic mass is 32.2. The largest absolute Gasteiger partial charge is 0.493 e. The molecule has 2 aromatic rings. The summed E-state index contributed by atoms with van der Waals surface area (Å²) >= 11 is 1.70. The Bertz CT molecular complexity index is 567. The standard InChI is InChI=1S/C16H21N3O2S/c1-20-14-6-5-13(11-15(14)21-2)12-17-7-4-10-22-16-18-8-3-9-19-16/h3,5-6,8-9,11,17H,4,7,10,12H2,1-2H3/p+1. The molecule has 2 rings (SSSR count). The van der Waals surface area contributed by atoms with Crippen molar-refractivity contribution in [3.63, 3.8) is 0 Å². The highest BCUT2D eigenvalue weighted by Gasteiger charge is 2.05. The third-order valence-electron chi connectivity index (χ3n) is 3.15. The zero-order chi connectivity index (χ0) is 15.6. The summed E-state index contributed by atoms with van der Waals surface area (Å²) < 4.78 is 10.6. The van der Waals surface area contributed by atoms with Gasteiger partial charge in [-0.2, -0.15) is 0 Å². The summed E-state index contributed by atoms with van der Waals surface area (Å²) in [5.41, 5.74) is 1.23. The minimum Gasteiger partial charge on any atom is -0.493 e. The number of nitrogens with two attached hydrogens (primary N) is 1. The van der Waals surface area contributed by atoms with Crippen molar-refractivity contribution in [1.82, 2.24) is 9.97 Å². The molecule has 1 aromatic carbocycles. The molecule has 0 bridgehead atoms. The van der Waals surface area contributed by atoms with E-state index in [0.717, 1.165) is 41.9 Å². The lowest BCUT2D eigenvalue weighted by molar-refractivity contribution is -0.670. The van der Waals surface area contributed by atoms with Crippen LogP contribution in [0.2, 0.25) is 0 Å². The highest BCUT2D eigenvalue weighted by Crippen LogP contribution is 2.27. The van der Waals surface area contributed by atoms with Gasteiger partial charge in [-0.25, -0.2) is 9.97 Å². The van der Waals surface area contributed by atoms with E-state index in [4.69, 9.17) is 9.47 Å². The molecule has 5 nitrogen and oxygen atoms in total. The third kappa shape index (κ3) is 5.20. The van der Waals surface area contributed by atoms with Crippen LogP contribution in [0.1, 0.15) is 12.0 Å². The summed E-state index contributed by atoms with van der Waals surface area (Å²) in [6.07, 6.45) is 4.67. The summed E-state index contributed by atoms with van der Waals surface area (Å²) in [6.45, 7) is 2.01. The molecule has 0 spiro atoms. The predicted octanol–water partition coefficient (Wildman–Crippen LogP) is 1.74. The van der Waals surface area contributed by atoms with Crippen molar-refractivity contribution in [2.45, 2.75) is 18.1 Å². The second kappa shape index (κ2) is 9.27. The topological polar surface area (TPSA) is 60.9 Å². The first kappa shape index (κ1) is 16.6. The molecule has 0 fully saturated rings. The smallest absolute Gasteiger partial charge is 0.187 e. The van der Waals surface area contributed by atoms with Gasteiger partial charge in [-0.05, 0) is 24.3 Å². The number of nitrogens with zero attached hydrogens (tertiary/aromatic N) is 2. The highest BCUT2D eigenvalue weighted by molar-refractivity contribution is 7.99. The van der Waals surface area contributed by atoms with Crippen LogP contribution in [-0.4, -0.2) is 36.5 Å². The van der Waals surface area contributed by atoms with E-state index in [1.54, 1.807) is 38.4 Å². The number of hydrogen-bond acceptors (Lipinski definition) is 5. The van der Waals surface area contributed by atoms with Crippen molar-refractivity contribution in [3.8, 4) is 11.5 Å². The number of thioether (sulfide) groups is 1. The number of ether oxygens (including phenoxy) is 2. The van der Waals surface area contributed by atoms with Crippen LogP contribution in [0.3, 0.4) is 0 Å². The Labute approximate surface area is 135 Å². The molecular weight excluding hydrogens is 298 g/mol. The second-order valence-electron chi connectivity index (χ2n) is 4.70. The molecular formula is C16H22N3O2S+. The molecule has 0 radical (unpaired) electrons. The van der Waals surface area contributed by atoms with Gasteiger partial charge >= 0.3 is 0 Å². The normalized spacial score (nSPS) is 10.5. The minimum absolute atomic E-state index is 0.769. The first-order valence-electron chi connectivity index (χ1n) is 7.26. The first-order valence-corrected chi connectivity index (χ1v) is 8.24. The molecule has 0 saturated heterocycles. The predicted molar refractivity (Wildman–Crippen MR) is 87.4 cm³/mol. The van der Waals surface area contributed by atoms with Crippen molar-refractivity contribution in [1.29, 1.82) is 0 Å². The van der Waals surface area contributed by atoms with Gasteiger partial charge in [0, 0.05) is 30.1 Å². The summed E-state index contributed by atoms with van der Waals surface area (Å²) in [6, 6.07) is 7.89. The fourth-order valence-corrected chi connectivity index (χ4v) is 2.79. The van der Waals surface area contributed by atoms with Gasteiger partial charge in [0.2, 0.25) is 0 Å². The number of rotatable bonds is 9. The molecule has 0 amide bonds. The van der Waals surface area contributed by atoms with Crippen molar-refractivity contribution in [3.05, 3.63) is 42.2 Å². The van der Waals surface area contributed by atoms with Crippen molar-refractivity contribution >= 4 is 11.8 Å². The van der Waals surface area contributed by atoms with Gasteiger partial charge in [0.25, 0.3) is 0 Å². The Kier molecular flexibility index (Phi) is 6.99. The maximum Gasteiger partial charge on any atom is 0.187 e. The van der Waals surface area contributed by atoms with Crippen molar-refractivity contribution in [2.75, 3.05) is 26.5 Å². The number of benzene rings is 1. The second-order valence-corrected chi connectivity index (χ2v) is 5.77. The van der Waals surface area contributed by atoms with Gasteiger partial charge in [-0.1, -0.05) is 11.8 Å². The number of methoxy groups -OCH3 is 2. The van der Waals surface area contributed by atoms with E-state index in [2.05, 4.69) is 21.4 Å². The van der Waals surface area contributed by atoms with Gasteiger partial charge in [0.1, 0.15) is 6.54 Å². The quantitative estimate of drug-likeness (QED) is 0.433. The Morgan fingerprint density at radius 1 is 1.09 bits per heavy atom. The fraction of sp³-hybridized carbons (Fsp3) is 0.375. The Hall–Kier alpha value is -1.79. The van der Waals surface area contributed by atoms with Gasteiger partial charge in [0.15, 0.2) is 16.7 Å². The average molecular weight is 320 g/mol. The summed E-state index contributed by atoms with van der Waals surface area (Å²) in [7, 11) is 3.31. The van der Waals surface area contributed by atoms with Crippen LogP contribution in [-0.2, 0) is 6.54 Å². The lowest BCUT2D eigenvalue weighted by atomic mass is 10.2. The molecule has 6 heteroatoms. The van der Waals surface area contributed by atoms with Crippen molar-refractivity contribution < 1.29 is 14.8 Å². The molecule has 2 N–H and O–H groups in total. The SMILES string of the molecule is COc1ccc(C[NH2+]CCCSc2ncccn2)cc1OC. The molecule has 1 heterocycles. The van der Waals surface area contributed by atoms with E-state index in [9.17, 15) is 0 Å². The molecule has 0 aliphatic heterocycles. The van der Waals surface area contributed by atoms with E-state index in [0.29, 0.717) is 0 Å². The molecule has 0 unspecified atom stereocenters. The zero-order valence-electron chi connectivity index (χ0n) is 13.0. The molecule has 0 aliphatic rings. The van der Waals surface area contributed by atoms with Gasteiger partial charge in [0.05, 0.1) is 20.8 Å². The Morgan fingerprint density at radius 2 is 1.86 bits per heavy atom. The zero-order valence-corrected chi connectivity index (χ0v) is 13.8. The van der Waals surface area contributed by atoms with Crippen LogP contribution in [0.25, 0.3) is 0 Å². The summed E-state index contributed by atoms with van der Waals surface area (Å²) in [5, 5.41) is 3.15. The molecule has 1 aromatic heterocycles. The monoisotopic (exact) mass is 320 g/mol. The summed E-state index contributed by atoms with van der Waals surface area (Å²) in [4.78, 5) is 8.39. The van der Waals surface area contributed by atoms with Crippen LogP contribution in [0, 0.1) is 0 Å². The number of hydrogen-bond donors (Lipinski definition) is 1. The van der Waals surface area contributed by atoms with E-state index < -0.39 is 0 Å². The van der Waals surface area contributed by atoms with Crippen LogP contribution < -0.4 is 14.8 Å². The Balaban J connectivity index is 1.66. The molecule has 22 heavy (non-hydrogen) atoms.